The zero-order valence-electron chi connectivity index (χ0n) is 24.0. The lowest BCUT2D eigenvalue weighted by molar-refractivity contribution is -0.133. The van der Waals surface area contributed by atoms with Gasteiger partial charge >= 0.3 is 0 Å². The fraction of sp³-hybridized carbons (Fsp3) is 0.303. The van der Waals surface area contributed by atoms with Crippen LogP contribution in [0.2, 0.25) is 0 Å². The lowest BCUT2D eigenvalue weighted by atomic mass is 9.94. The summed E-state index contributed by atoms with van der Waals surface area (Å²) in [5, 5.41) is 20.1. The summed E-state index contributed by atoms with van der Waals surface area (Å²) in [6.07, 6.45) is 1.89. The van der Waals surface area contributed by atoms with E-state index < -0.39 is 18.1 Å². The number of hydroxylamine groups is 1. The summed E-state index contributed by atoms with van der Waals surface area (Å²) in [4.78, 5) is 14.0. The lowest BCUT2D eigenvalue weighted by Crippen LogP contribution is -2.29. The molecule has 3 aromatic rings. The number of likely N-dealkylation sites (N-methyl/N-ethyl adjacent to an activating group) is 1. The molecular formula is C33H39FN2O5. The number of carbonyl (C=O) groups excluding carboxylic acids is 1. The van der Waals surface area contributed by atoms with Crippen LogP contribution in [0.15, 0.2) is 96.7 Å². The number of rotatable bonds is 14. The number of amides is 1. The summed E-state index contributed by atoms with van der Waals surface area (Å²) in [5.74, 6) is -0.210. The highest BCUT2D eigenvalue weighted by atomic mass is 19.1. The number of aliphatic hydroxyl groups excluding tert-OH is 1. The zero-order valence-corrected chi connectivity index (χ0v) is 24.0. The van der Waals surface area contributed by atoms with Crippen LogP contribution in [-0.2, 0) is 16.1 Å². The van der Waals surface area contributed by atoms with Crippen molar-refractivity contribution in [3.63, 3.8) is 0 Å². The summed E-state index contributed by atoms with van der Waals surface area (Å²) in [5.41, 5.74) is 6.01. The standard InChI is InChI=1S/C33H39FN2O5/c1-23(2)36(3)31(33(25-8-6-5-7-9-25)26-12-14-27(34)15-13-26)19-16-28(37)20-30(21-32(38)35-39)41-22-24-10-17-29(40-4)18-11-24/h5-19,23,28,30,37,39H,20-22H2,1-4H3,(H,35,38)/b19-16+,33-31+. The molecule has 2 unspecified atom stereocenters. The van der Waals surface area contributed by atoms with E-state index >= 15 is 0 Å². The van der Waals surface area contributed by atoms with Gasteiger partial charge in [0.25, 0.3) is 0 Å². The van der Waals surface area contributed by atoms with Crippen molar-refractivity contribution >= 4 is 11.5 Å². The molecule has 0 aliphatic heterocycles. The Bertz CT molecular complexity index is 1290. The average molecular weight is 563 g/mol. The topological polar surface area (TPSA) is 91.3 Å². The van der Waals surface area contributed by atoms with E-state index in [0.717, 1.165) is 33.7 Å². The number of carbonyl (C=O) groups is 1. The second-order valence-corrected chi connectivity index (χ2v) is 10.0. The molecule has 0 aliphatic carbocycles. The van der Waals surface area contributed by atoms with Gasteiger partial charge in [-0.1, -0.05) is 60.7 Å². The van der Waals surface area contributed by atoms with Crippen molar-refractivity contribution in [2.24, 2.45) is 0 Å². The molecule has 0 aliphatic rings. The molecule has 41 heavy (non-hydrogen) atoms. The maximum Gasteiger partial charge on any atom is 0.245 e. The zero-order chi connectivity index (χ0) is 29.8. The predicted molar refractivity (Wildman–Crippen MR) is 158 cm³/mol. The molecule has 3 rings (SSSR count). The third kappa shape index (κ3) is 9.56. The smallest absolute Gasteiger partial charge is 0.245 e. The predicted octanol–water partition coefficient (Wildman–Crippen LogP) is 5.72. The Morgan fingerprint density at radius 3 is 2.22 bits per heavy atom. The van der Waals surface area contributed by atoms with Crippen molar-refractivity contribution in [1.29, 1.82) is 0 Å². The van der Waals surface area contributed by atoms with E-state index in [-0.39, 0.29) is 31.3 Å². The first kappa shape index (κ1) is 31.5. The van der Waals surface area contributed by atoms with Crippen molar-refractivity contribution in [3.8, 4) is 5.75 Å². The molecule has 218 valence electrons. The maximum atomic E-state index is 13.8. The van der Waals surface area contributed by atoms with Gasteiger partial charge in [-0.2, -0.15) is 0 Å². The molecule has 7 nitrogen and oxygen atoms in total. The van der Waals surface area contributed by atoms with Gasteiger partial charge in [-0.15, -0.1) is 0 Å². The quantitative estimate of drug-likeness (QED) is 0.132. The largest absolute Gasteiger partial charge is 0.497 e. The van der Waals surface area contributed by atoms with Gasteiger partial charge in [0.2, 0.25) is 5.91 Å². The number of hydrogen-bond donors (Lipinski definition) is 3. The summed E-state index contributed by atoms with van der Waals surface area (Å²) >= 11 is 0. The van der Waals surface area contributed by atoms with Gasteiger partial charge in [0.05, 0.1) is 32.3 Å². The second kappa shape index (κ2) is 15.7. The molecule has 0 aromatic heterocycles. The first-order valence-electron chi connectivity index (χ1n) is 13.5. The summed E-state index contributed by atoms with van der Waals surface area (Å²) in [7, 11) is 3.56. The summed E-state index contributed by atoms with van der Waals surface area (Å²) < 4.78 is 25.0. The fourth-order valence-electron chi connectivity index (χ4n) is 4.29. The van der Waals surface area contributed by atoms with Crippen LogP contribution in [0, 0.1) is 5.82 Å². The van der Waals surface area contributed by atoms with E-state index in [1.165, 1.54) is 12.1 Å². The highest BCUT2D eigenvalue weighted by Gasteiger charge is 2.20. The minimum Gasteiger partial charge on any atom is -0.497 e. The summed E-state index contributed by atoms with van der Waals surface area (Å²) in [6.45, 7) is 4.34. The van der Waals surface area contributed by atoms with Crippen molar-refractivity contribution in [2.45, 2.75) is 51.5 Å². The molecular weight excluding hydrogens is 523 g/mol. The minimum atomic E-state index is -0.955. The fourth-order valence-corrected chi connectivity index (χ4v) is 4.29. The molecule has 3 aromatic carbocycles. The van der Waals surface area contributed by atoms with Gasteiger partial charge in [0, 0.05) is 30.8 Å². The minimum absolute atomic E-state index is 0.121. The molecule has 0 saturated carbocycles. The second-order valence-electron chi connectivity index (χ2n) is 10.0. The van der Waals surface area contributed by atoms with E-state index in [0.29, 0.717) is 0 Å². The molecule has 1 amide bonds. The Morgan fingerprint density at radius 2 is 1.63 bits per heavy atom. The first-order valence-corrected chi connectivity index (χ1v) is 13.5. The molecule has 0 bridgehead atoms. The Balaban J connectivity index is 1.90. The molecule has 0 saturated heterocycles. The van der Waals surface area contributed by atoms with Gasteiger partial charge in [0.1, 0.15) is 11.6 Å². The van der Waals surface area contributed by atoms with Crippen molar-refractivity contribution in [1.82, 2.24) is 10.4 Å². The van der Waals surface area contributed by atoms with E-state index in [1.807, 2.05) is 67.7 Å². The Labute approximate surface area is 241 Å². The molecule has 8 heteroatoms. The van der Waals surface area contributed by atoms with Crippen LogP contribution in [0.1, 0.15) is 43.4 Å². The van der Waals surface area contributed by atoms with Crippen LogP contribution in [0.3, 0.4) is 0 Å². The van der Waals surface area contributed by atoms with E-state index in [9.17, 15) is 14.3 Å². The van der Waals surface area contributed by atoms with E-state index in [2.05, 4.69) is 18.7 Å². The number of nitrogens with one attached hydrogen (secondary N) is 1. The molecule has 0 spiro atoms. The van der Waals surface area contributed by atoms with Crippen molar-refractivity contribution in [2.75, 3.05) is 14.2 Å². The average Bonchev–Trinajstić information content (AvgIpc) is 2.98. The third-order valence-electron chi connectivity index (χ3n) is 6.77. The normalized spacial score (nSPS) is 13.6. The highest BCUT2D eigenvalue weighted by Crippen LogP contribution is 2.30. The van der Waals surface area contributed by atoms with Crippen LogP contribution >= 0.6 is 0 Å². The van der Waals surface area contributed by atoms with Crippen LogP contribution in [0.4, 0.5) is 4.39 Å². The van der Waals surface area contributed by atoms with E-state index in [1.54, 1.807) is 30.8 Å². The number of ether oxygens (including phenoxy) is 2. The van der Waals surface area contributed by atoms with Crippen molar-refractivity contribution in [3.05, 3.63) is 119 Å². The van der Waals surface area contributed by atoms with Crippen molar-refractivity contribution < 1.29 is 29.0 Å². The van der Waals surface area contributed by atoms with Crippen LogP contribution in [0.25, 0.3) is 5.57 Å². The molecule has 0 heterocycles. The van der Waals surface area contributed by atoms with Crippen LogP contribution in [-0.4, -0.2) is 53.5 Å². The monoisotopic (exact) mass is 562 g/mol. The SMILES string of the molecule is COc1ccc(COC(CC(=O)NO)CC(O)/C=C/C(=C(/c2ccccc2)c2ccc(F)cc2)N(C)C(C)C)cc1. The first-order chi connectivity index (χ1) is 19.7. The lowest BCUT2D eigenvalue weighted by Gasteiger charge is -2.29. The van der Waals surface area contributed by atoms with Gasteiger partial charge in [-0.3, -0.25) is 10.0 Å². The third-order valence-corrected chi connectivity index (χ3v) is 6.77. The van der Waals surface area contributed by atoms with Crippen LogP contribution in [0.5, 0.6) is 5.75 Å². The number of allylic oxidation sites excluding steroid dienone is 1. The Morgan fingerprint density at radius 1 is 1.00 bits per heavy atom. The highest BCUT2D eigenvalue weighted by molar-refractivity contribution is 5.83. The molecule has 0 radical (unpaired) electrons. The number of methoxy groups -OCH3 is 1. The summed E-state index contributed by atoms with van der Waals surface area (Å²) in [6, 6.07) is 23.6. The van der Waals surface area contributed by atoms with Crippen LogP contribution < -0.4 is 10.2 Å². The number of halogens is 1. The van der Waals surface area contributed by atoms with Gasteiger partial charge < -0.3 is 19.5 Å². The molecule has 0 fully saturated rings. The maximum absolute atomic E-state index is 13.8. The van der Waals surface area contributed by atoms with Gasteiger partial charge in [0.15, 0.2) is 0 Å². The Hall–Kier alpha value is -3.98. The van der Waals surface area contributed by atoms with Gasteiger partial charge in [-0.25, -0.2) is 9.87 Å². The molecule has 3 N–H and O–H groups in total. The Kier molecular flexibility index (Phi) is 12.1. The molecule has 2 atom stereocenters. The van der Waals surface area contributed by atoms with E-state index in [4.69, 9.17) is 14.7 Å². The number of nitrogens with zero attached hydrogens (tertiary/aromatic N) is 1. The number of hydrogen-bond acceptors (Lipinski definition) is 6. The number of benzene rings is 3. The van der Waals surface area contributed by atoms with Gasteiger partial charge in [-0.05, 0) is 60.9 Å². The number of aliphatic hydroxyl groups is 1.